The minimum atomic E-state index is -0.608. The monoisotopic (exact) mass is 306 g/mol. The molecule has 0 radical (unpaired) electrons. The fraction of sp³-hybridized carbons (Fsp3) is 0.647. The summed E-state index contributed by atoms with van der Waals surface area (Å²) >= 11 is 0. The molecule has 0 bridgehead atoms. The van der Waals surface area contributed by atoms with Crippen LogP contribution in [0.25, 0.3) is 0 Å². The third-order valence-corrected chi connectivity index (χ3v) is 4.58. The molecule has 4 rings (SSSR count). The van der Waals surface area contributed by atoms with Crippen molar-refractivity contribution in [3.63, 3.8) is 0 Å². The lowest BCUT2D eigenvalue weighted by molar-refractivity contribution is -0.176. The lowest BCUT2D eigenvalue weighted by Crippen LogP contribution is -2.54. The summed E-state index contributed by atoms with van der Waals surface area (Å²) in [5.41, 5.74) is 1.13. The van der Waals surface area contributed by atoms with Gasteiger partial charge in [-0.3, -0.25) is 0 Å². The summed E-state index contributed by atoms with van der Waals surface area (Å²) < 4.78 is 29.6. The van der Waals surface area contributed by atoms with E-state index >= 15 is 0 Å². The summed E-state index contributed by atoms with van der Waals surface area (Å²) in [4.78, 5) is 0. The summed E-state index contributed by atoms with van der Waals surface area (Å²) in [6.45, 7) is 4.38. The Balaban J connectivity index is 1.52. The van der Waals surface area contributed by atoms with Gasteiger partial charge in [0, 0.05) is 7.11 Å². The molecule has 0 amide bonds. The van der Waals surface area contributed by atoms with E-state index in [1.165, 1.54) is 0 Å². The van der Waals surface area contributed by atoms with Gasteiger partial charge < -0.3 is 23.7 Å². The topological polar surface area (TPSA) is 49.5 Å². The smallest absolute Gasteiger partial charge is 0.164 e. The highest BCUT2D eigenvalue weighted by atomic mass is 16.8. The second-order valence-electron chi connectivity index (χ2n) is 6.59. The molecule has 5 nitrogen and oxygen atoms in total. The largest absolute Gasteiger partial charge is 0.376 e. The molecule has 0 aromatic heterocycles. The van der Waals surface area contributed by atoms with Crippen LogP contribution in [-0.4, -0.2) is 49.5 Å². The Morgan fingerprint density at radius 3 is 2.41 bits per heavy atom. The molecule has 0 unspecified atom stereocenters. The molecule has 22 heavy (non-hydrogen) atoms. The van der Waals surface area contributed by atoms with E-state index in [4.69, 9.17) is 23.7 Å². The third-order valence-electron chi connectivity index (χ3n) is 4.58. The highest BCUT2D eigenvalue weighted by molar-refractivity contribution is 5.15. The number of rotatable bonds is 4. The summed E-state index contributed by atoms with van der Waals surface area (Å²) in [6, 6.07) is 10.1. The van der Waals surface area contributed by atoms with Crippen molar-refractivity contribution in [3.8, 4) is 0 Å². The molecular weight excluding hydrogens is 284 g/mol. The number of methoxy groups -OCH3 is 1. The maximum absolute atomic E-state index is 6.17. The maximum Gasteiger partial charge on any atom is 0.164 e. The van der Waals surface area contributed by atoms with Gasteiger partial charge in [0.1, 0.15) is 36.6 Å². The van der Waals surface area contributed by atoms with Gasteiger partial charge in [-0.25, -0.2) is 0 Å². The fourth-order valence-electron chi connectivity index (χ4n) is 3.59. The van der Waals surface area contributed by atoms with E-state index in [2.05, 4.69) is 12.1 Å². The van der Waals surface area contributed by atoms with Crippen molar-refractivity contribution in [2.24, 2.45) is 0 Å². The third kappa shape index (κ3) is 2.47. The fourth-order valence-corrected chi connectivity index (χ4v) is 3.59. The van der Waals surface area contributed by atoms with Crippen LogP contribution in [0.3, 0.4) is 0 Å². The van der Waals surface area contributed by atoms with Gasteiger partial charge in [0.05, 0.1) is 6.61 Å². The second kappa shape index (κ2) is 5.28. The summed E-state index contributed by atoms with van der Waals surface area (Å²) in [5, 5.41) is 0. The summed E-state index contributed by atoms with van der Waals surface area (Å²) in [7, 11) is 1.70. The lowest BCUT2D eigenvalue weighted by Gasteiger charge is -2.34. The molecule has 2 saturated heterocycles. The van der Waals surface area contributed by atoms with Crippen LogP contribution in [0.5, 0.6) is 0 Å². The predicted octanol–water partition coefficient (Wildman–Crippen LogP) is 1.89. The molecular formula is C17H22O5. The molecule has 3 fully saturated rings. The van der Waals surface area contributed by atoms with Gasteiger partial charge in [-0.1, -0.05) is 30.3 Å². The van der Waals surface area contributed by atoms with Gasteiger partial charge >= 0.3 is 0 Å². The molecule has 1 aromatic rings. The summed E-state index contributed by atoms with van der Waals surface area (Å²) in [5.74, 6) is -0.608. The molecule has 2 heterocycles. The van der Waals surface area contributed by atoms with Crippen molar-refractivity contribution in [1.82, 2.24) is 0 Å². The minimum absolute atomic E-state index is 0.0459. The number of epoxide rings is 1. The first-order valence-corrected chi connectivity index (χ1v) is 7.78. The molecule has 0 spiro atoms. The van der Waals surface area contributed by atoms with Gasteiger partial charge in [-0.2, -0.15) is 0 Å². The highest BCUT2D eigenvalue weighted by Crippen LogP contribution is 2.48. The van der Waals surface area contributed by atoms with Crippen molar-refractivity contribution in [2.45, 2.75) is 62.9 Å². The van der Waals surface area contributed by atoms with Crippen molar-refractivity contribution < 1.29 is 23.7 Å². The Morgan fingerprint density at radius 1 is 0.955 bits per heavy atom. The van der Waals surface area contributed by atoms with E-state index in [1.54, 1.807) is 7.11 Å². The van der Waals surface area contributed by atoms with E-state index < -0.39 is 5.79 Å². The zero-order valence-corrected chi connectivity index (χ0v) is 13.1. The molecule has 5 heteroatoms. The zero-order chi connectivity index (χ0) is 15.3. The van der Waals surface area contributed by atoms with Crippen LogP contribution >= 0.6 is 0 Å². The van der Waals surface area contributed by atoms with Crippen LogP contribution in [0, 0.1) is 0 Å². The number of benzene rings is 1. The SMILES string of the molecule is CO[C@@H]1[C@H](OCc2ccccc2)[C@H]2OC(C)(C)O[C@H]2[C@H]2O[C@@H]12. The lowest BCUT2D eigenvalue weighted by atomic mass is 9.89. The molecule has 6 atom stereocenters. The standard InChI is InChI=1S/C17H22O5/c1-17(2)21-15-12(19-9-10-7-5-4-6-8-10)11(18-3)13-14(20-13)16(15)22-17/h4-8,11-16H,9H2,1-3H3/t11-,12+,13+,14+,15-,16+/m1/s1. The van der Waals surface area contributed by atoms with Crippen molar-refractivity contribution in [2.75, 3.05) is 7.11 Å². The molecule has 1 aliphatic carbocycles. The summed E-state index contributed by atoms with van der Waals surface area (Å²) in [6.07, 6.45) is -0.439. The van der Waals surface area contributed by atoms with E-state index in [0.29, 0.717) is 6.61 Å². The Kier molecular flexibility index (Phi) is 3.51. The Labute approximate surface area is 130 Å². The molecule has 0 N–H and O–H groups in total. The molecule has 1 aromatic carbocycles. The number of hydrogen-bond donors (Lipinski definition) is 0. The molecule has 2 aliphatic heterocycles. The number of fused-ring (bicyclic) bond motifs is 3. The number of hydrogen-bond acceptors (Lipinski definition) is 5. The van der Waals surface area contributed by atoms with Gasteiger partial charge in [-0.15, -0.1) is 0 Å². The quantitative estimate of drug-likeness (QED) is 0.795. The van der Waals surface area contributed by atoms with Crippen molar-refractivity contribution in [3.05, 3.63) is 35.9 Å². The predicted molar refractivity (Wildman–Crippen MR) is 78.3 cm³/mol. The Morgan fingerprint density at radius 2 is 1.68 bits per heavy atom. The van der Waals surface area contributed by atoms with Crippen LogP contribution in [0.2, 0.25) is 0 Å². The van der Waals surface area contributed by atoms with E-state index in [0.717, 1.165) is 5.56 Å². The van der Waals surface area contributed by atoms with Crippen LogP contribution < -0.4 is 0 Å². The van der Waals surface area contributed by atoms with Crippen LogP contribution in [0.4, 0.5) is 0 Å². The van der Waals surface area contributed by atoms with E-state index in [9.17, 15) is 0 Å². The maximum atomic E-state index is 6.17. The first-order valence-electron chi connectivity index (χ1n) is 7.78. The van der Waals surface area contributed by atoms with Crippen LogP contribution in [-0.2, 0) is 30.3 Å². The first-order chi connectivity index (χ1) is 10.6. The molecule has 1 saturated carbocycles. The normalized spacial score (nSPS) is 41.8. The zero-order valence-electron chi connectivity index (χ0n) is 13.1. The average molecular weight is 306 g/mol. The second-order valence-corrected chi connectivity index (χ2v) is 6.59. The molecule has 3 aliphatic rings. The van der Waals surface area contributed by atoms with Gasteiger partial charge in [0.15, 0.2) is 5.79 Å². The van der Waals surface area contributed by atoms with Crippen LogP contribution in [0.1, 0.15) is 19.4 Å². The van der Waals surface area contributed by atoms with Gasteiger partial charge in [0.2, 0.25) is 0 Å². The van der Waals surface area contributed by atoms with Crippen LogP contribution in [0.15, 0.2) is 30.3 Å². The highest BCUT2D eigenvalue weighted by Gasteiger charge is 2.67. The van der Waals surface area contributed by atoms with Gasteiger partial charge in [0.25, 0.3) is 0 Å². The van der Waals surface area contributed by atoms with Gasteiger partial charge in [-0.05, 0) is 19.4 Å². The molecule has 120 valence electrons. The van der Waals surface area contributed by atoms with Crippen molar-refractivity contribution >= 4 is 0 Å². The number of ether oxygens (including phenoxy) is 5. The Hall–Kier alpha value is -0.980. The van der Waals surface area contributed by atoms with Crippen molar-refractivity contribution in [1.29, 1.82) is 0 Å². The minimum Gasteiger partial charge on any atom is -0.376 e. The average Bonchev–Trinajstić information content (AvgIpc) is 3.22. The van der Waals surface area contributed by atoms with E-state index in [1.807, 2.05) is 32.0 Å². The van der Waals surface area contributed by atoms with E-state index in [-0.39, 0.29) is 36.6 Å². The Bertz CT molecular complexity index is 531. The first kappa shape index (κ1) is 14.6.